The number of carbonyl (C=O) groups is 3. The Labute approximate surface area is 192 Å². The molecule has 8 nitrogen and oxygen atoms in total. The molecule has 2 aliphatic rings. The number of aromatic carboxylic acids is 1. The molecule has 34 heavy (non-hydrogen) atoms. The minimum absolute atomic E-state index is 0. The first-order valence-electron chi connectivity index (χ1n) is 9.82. The number of alkyl halides is 3. The van der Waals surface area contributed by atoms with Crippen molar-refractivity contribution in [3.8, 4) is 6.07 Å². The summed E-state index contributed by atoms with van der Waals surface area (Å²) in [4.78, 5) is 40.3. The van der Waals surface area contributed by atoms with E-state index in [4.69, 9.17) is 5.26 Å². The molecule has 0 fully saturated rings. The van der Waals surface area contributed by atoms with Crippen LogP contribution in [0.1, 0.15) is 45.9 Å². The Morgan fingerprint density at radius 2 is 1.85 bits per heavy atom. The van der Waals surface area contributed by atoms with Gasteiger partial charge in [-0.2, -0.15) is 18.4 Å². The van der Waals surface area contributed by atoms with Gasteiger partial charge in [-0.15, -0.1) is 0 Å². The topological polar surface area (TPSA) is 137 Å². The first-order chi connectivity index (χ1) is 15.5. The van der Waals surface area contributed by atoms with E-state index in [1.54, 1.807) is 0 Å². The normalized spacial score (nSPS) is 17.9. The third-order valence-electron chi connectivity index (χ3n) is 5.76. The Kier molecular flexibility index (Phi) is 6.22. The molecule has 11 heteroatoms. The lowest BCUT2D eigenvalue weighted by molar-refractivity contribution is -0.137. The molecule has 0 radical (unpaired) electrons. The van der Waals surface area contributed by atoms with Gasteiger partial charge < -0.3 is 16.2 Å². The summed E-state index contributed by atoms with van der Waals surface area (Å²) < 4.78 is 39.7. The Bertz CT molecular complexity index is 1280. The molecule has 1 heterocycles. The number of halogens is 3. The van der Waals surface area contributed by atoms with Crippen LogP contribution in [0.2, 0.25) is 0 Å². The van der Waals surface area contributed by atoms with E-state index in [0.717, 1.165) is 28.0 Å². The van der Waals surface area contributed by atoms with Crippen LogP contribution in [0.4, 0.5) is 23.7 Å². The molecule has 2 aromatic carbocycles. The summed E-state index contributed by atoms with van der Waals surface area (Å²) in [5, 5.41) is 18.8. The summed E-state index contributed by atoms with van der Waals surface area (Å²) in [6.07, 6.45) is -4.46. The van der Waals surface area contributed by atoms with Crippen LogP contribution < -0.4 is 11.1 Å². The highest BCUT2D eigenvalue weighted by Crippen LogP contribution is 2.45. The van der Waals surface area contributed by atoms with E-state index < -0.39 is 29.8 Å². The lowest BCUT2D eigenvalue weighted by Crippen LogP contribution is -2.48. The average molecular weight is 472 g/mol. The summed E-state index contributed by atoms with van der Waals surface area (Å²) >= 11 is 0. The number of likely N-dealkylation sites (N-methyl/N-ethyl adjacent to an activating group) is 1. The molecule has 4 rings (SSSR count). The number of allylic oxidation sites excluding steroid dienone is 1. The minimum atomic E-state index is -4.62. The maximum Gasteiger partial charge on any atom is 0.416 e. The van der Waals surface area contributed by atoms with Crippen LogP contribution in [-0.4, -0.2) is 34.8 Å². The fourth-order valence-corrected chi connectivity index (χ4v) is 4.28. The number of rotatable bonds is 3. The van der Waals surface area contributed by atoms with Gasteiger partial charge in [0.15, 0.2) is 5.78 Å². The van der Waals surface area contributed by atoms with Crippen LogP contribution in [0.3, 0.4) is 0 Å². The second-order valence-corrected chi connectivity index (χ2v) is 7.68. The Hall–Kier alpha value is -4.17. The van der Waals surface area contributed by atoms with Crippen molar-refractivity contribution >= 4 is 23.5 Å². The average Bonchev–Trinajstić information content (AvgIpc) is 3.14. The molecule has 0 bridgehead atoms. The molecule has 2 aromatic rings. The number of hydrogen-bond acceptors (Lipinski definition) is 5. The summed E-state index contributed by atoms with van der Waals surface area (Å²) in [5.74, 6) is -1.66. The van der Waals surface area contributed by atoms with Crippen molar-refractivity contribution in [2.75, 3.05) is 11.9 Å². The van der Waals surface area contributed by atoms with Gasteiger partial charge in [0.05, 0.1) is 34.5 Å². The van der Waals surface area contributed by atoms with Gasteiger partial charge in [-0.1, -0.05) is 12.1 Å². The number of hydrogen-bond donors (Lipinski definition) is 2. The van der Waals surface area contributed by atoms with Gasteiger partial charge >= 0.3 is 18.2 Å². The Morgan fingerprint density at radius 1 is 1.15 bits per heavy atom. The molecule has 4 N–H and O–H groups in total. The maximum absolute atomic E-state index is 13.3. The van der Waals surface area contributed by atoms with Crippen molar-refractivity contribution in [3.63, 3.8) is 0 Å². The van der Waals surface area contributed by atoms with E-state index in [0.29, 0.717) is 0 Å². The number of benzene rings is 2. The molecule has 1 aliphatic heterocycles. The molecule has 0 saturated heterocycles. The Morgan fingerprint density at radius 3 is 2.47 bits per heavy atom. The number of carbonyl (C=O) groups excluding carboxylic acids is 2. The first kappa shape index (κ1) is 24.5. The molecular weight excluding hydrogens is 453 g/mol. The number of ketones is 1. The monoisotopic (exact) mass is 472 g/mol. The standard InChI is InChI=1S/C23H16F3N3O4.H3N/c1-28-20(15-6-5-12(11-27)9-16(15)21(31)32)19-17(7-8-18(19)30)29(22(28)33)14-4-2-3-13(10-14)23(24,25)26;/h2-6,9-10,20H,7-8H2,1H3,(H,31,32);1H3/t20-;/m1./s1. The van der Waals surface area contributed by atoms with Gasteiger partial charge in [0.25, 0.3) is 0 Å². The number of nitrogens with zero attached hydrogens (tertiary/aromatic N) is 3. The van der Waals surface area contributed by atoms with Gasteiger partial charge in [-0.05, 0) is 42.3 Å². The lowest BCUT2D eigenvalue weighted by atomic mass is 9.89. The number of urea groups is 1. The van der Waals surface area contributed by atoms with Crippen LogP contribution in [-0.2, 0) is 11.0 Å². The van der Waals surface area contributed by atoms with Crippen LogP contribution in [0.25, 0.3) is 0 Å². The summed E-state index contributed by atoms with van der Waals surface area (Å²) in [6, 6.07) is 8.27. The number of carboxylic acids is 1. The molecule has 0 saturated carbocycles. The van der Waals surface area contributed by atoms with E-state index in [2.05, 4.69) is 0 Å². The van der Waals surface area contributed by atoms with E-state index in [9.17, 15) is 32.7 Å². The zero-order valence-corrected chi connectivity index (χ0v) is 17.9. The fraction of sp³-hybridized carbons (Fsp3) is 0.217. The number of Topliss-reactive ketones (excluding diaryl/α,β-unsaturated/α-hetero) is 1. The van der Waals surface area contributed by atoms with Gasteiger partial charge in [-0.25, -0.2) is 9.59 Å². The second-order valence-electron chi connectivity index (χ2n) is 7.68. The number of anilines is 1. The molecule has 1 aliphatic carbocycles. The van der Waals surface area contributed by atoms with E-state index >= 15 is 0 Å². The molecular formula is C23H19F3N4O4. The van der Waals surface area contributed by atoms with Crippen molar-refractivity contribution in [1.82, 2.24) is 11.1 Å². The quantitative estimate of drug-likeness (QED) is 0.666. The molecule has 0 unspecified atom stereocenters. The first-order valence-corrected chi connectivity index (χ1v) is 9.82. The largest absolute Gasteiger partial charge is 0.478 e. The van der Waals surface area contributed by atoms with E-state index in [1.165, 1.54) is 31.3 Å². The maximum atomic E-state index is 13.3. The smallest absolute Gasteiger partial charge is 0.416 e. The lowest BCUT2D eigenvalue weighted by Gasteiger charge is -2.40. The molecule has 176 valence electrons. The van der Waals surface area contributed by atoms with E-state index in [-0.39, 0.29) is 58.4 Å². The minimum Gasteiger partial charge on any atom is -0.478 e. The fourth-order valence-electron chi connectivity index (χ4n) is 4.28. The van der Waals surface area contributed by atoms with Gasteiger partial charge in [0.1, 0.15) is 0 Å². The predicted octanol–water partition coefficient (Wildman–Crippen LogP) is 4.67. The predicted molar refractivity (Wildman–Crippen MR) is 114 cm³/mol. The van der Waals surface area contributed by atoms with Crippen molar-refractivity contribution in [2.24, 2.45) is 0 Å². The van der Waals surface area contributed by atoms with Crippen molar-refractivity contribution < 1.29 is 32.7 Å². The summed E-state index contributed by atoms with van der Waals surface area (Å²) in [6.45, 7) is 0. The highest BCUT2D eigenvalue weighted by atomic mass is 19.4. The zero-order chi connectivity index (χ0) is 24.1. The van der Waals surface area contributed by atoms with Crippen LogP contribution in [0, 0.1) is 11.3 Å². The molecule has 0 spiro atoms. The second kappa shape index (κ2) is 8.64. The summed E-state index contributed by atoms with van der Waals surface area (Å²) in [5.41, 5.74) is -0.584. The Balaban J connectivity index is 0.00000324. The van der Waals surface area contributed by atoms with Gasteiger partial charge in [-0.3, -0.25) is 9.69 Å². The van der Waals surface area contributed by atoms with Crippen molar-refractivity contribution in [2.45, 2.75) is 25.1 Å². The van der Waals surface area contributed by atoms with E-state index in [1.807, 2.05) is 6.07 Å². The third-order valence-corrected chi connectivity index (χ3v) is 5.76. The van der Waals surface area contributed by atoms with Crippen LogP contribution in [0.5, 0.6) is 0 Å². The van der Waals surface area contributed by atoms with Crippen LogP contribution >= 0.6 is 0 Å². The number of amides is 2. The molecule has 0 aromatic heterocycles. The molecule has 2 amide bonds. The van der Waals surface area contributed by atoms with Gasteiger partial charge in [0, 0.05) is 24.7 Å². The van der Waals surface area contributed by atoms with Crippen LogP contribution in [0.15, 0.2) is 53.7 Å². The number of nitriles is 1. The third kappa shape index (κ3) is 3.88. The SMILES string of the molecule is CN1C(=O)N(c2cccc(C(F)(F)F)c2)C2=C(C(=O)CC2)[C@H]1c1ccc(C#N)cc1C(=O)O.N. The highest BCUT2D eigenvalue weighted by molar-refractivity contribution is 6.08. The van der Waals surface area contributed by atoms with Gasteiger partial charge in [0.2, 0.25) is 0 Å². The number of carboxylic acid groups (broad SMARTS) is 1. The molecule has 1 atom stereocenters. The highest BCUT2D eigenvalue weighted by Gasteiger charge is 2.45. The van der Waals surface area contributed by atoms with Crippen molar-refractivity contribution in [1.29, 1.82) is 5.26 Å². The summed E-state index contributed by atoms with van der Waals surface area (Å²) in [7, 11) is 1.35. The zero-order valence-electron chi connectivity index (χ0n) is 17.9. The van der Waals surface area contributed by atoms with Crippen molar-refractivity contribution in [3.05, 3.63) is 76.0 Å².